The number of Topliss-reactive ketones (excluding diaryl/α,β-unsaturated/α-hetero) is 2. The molecule has 30 heavy (non-hydrogen) atoms. The molecule has 5 aliphatic rings. The van der Waals surface area contributed by atoms with Crippen LogP contribution in [0.5, 0.6) is 0 Å². The molecule has 0 spiro atoms. The van der Waals surface area contributed by atoms with Gasteiger partial charge in [0.15, 0.2) is 0 Å². The quantitative estimate of drug-likeness (QED) is 0.490. The number of fused-ring (bicyclic) bond motifs is 5. The lowest BCUT2D eigenvalue weighted by molar-refractivity contribution is -0.132. The van der Waals surface area contributed by atoms with Gasteiger partial charge in [-0.15, -0.1) is 13.2 Å². The van der Waals surface area contributed by atoms with E-state index in [0.717, 1.165) is 70.1 Å². The number of hydrogen-bond donors (Lipinski definition) is 1. The van der Waals surface area contributed by atoms with Gasteiger partial charge >= 0.3 is 0 Å². The zero-order valence-electron chi connectivity index (χ0n) is 19.4. The average Bonchev–Trinajstić information content (AvgIpc) is 3.26. The highest BCUT2D eigenvalue weighted by Gasteiger charge is 2.58. The summed E-state index contributed by atoms with van der Waals surface area (Å²) in [5.74, 6) is 3.43. The van der Waals surface area contributed by atoms with Crippen LogP contribution in [0.3, 0.4) is 0 Å². The molecule has 1 N–H and O–H groups in total. The van der Waals surface area contributed by atoms with Gasteiger partial charge in [0.05, 0.1) is 6.10 Å². The first-order valence-corrected chi connectivity index (χ1v) is 12.2. The smallest absolute Gasteiger partial charge is 0.139 e. The molecule has 0 saturated heterocycles. The van der Waals surface area contributed by atoms with E-state index in [1.807, 2.05) is 6.92 Å². The summed E-state index contributed by atoms with van der Waals surface area (Å²) in [6.45, 7) is 12.7. The second kappa shape index (κ2) is 9.10. The lowest BCUT2D eigenvalue weighted by atomic mass is 9.48. The monoisotopic (exact) mass is 414 g/mol. The summed E-state index contributed by atoms with van der Waals surface area (Å²) in [7, 11) is 0. The minimum absolute atomic E-state index is 0.0168. The standard InChI is InChI=1S/C19H28O2.C6H10O.C2H4/c1-18-9-7-13(20)11-12(18)3-4-14-15-5-6-17(21)19(15,2)10-8-16(14)18;1-5-3-2-4-6(5)7;1-2/h3,13-16,20H,4-11H2,1-2H3;5H,2-4H2,1H3;1-2H2/t13-,14?,15?,16?,18-,19-;5-;/m01./s1. The Morgan fingerprint density at radius 2 is 1.63 bits per heavy atom. The van der Waals surface area contributed by atoms with Crippen molar-refractivity contribution in [2.24, 2.45) is 34.5 Å². The second-order valence-electron chi connectivity index (χ2n) is 10.8. The molecule has 4 saturated carbocycles. The maximum Gasteiger partial charge on any atom is 0.139 e. The maximum atomic E-state index is 12.4. The van der Waals surface area contributed by atoms with Crippen molar-refractivity contribution in [3.63, 3.8) is 0 Å². The van der Waals surface area contributed by atoms with Crippen LogP contribution >= 0.6 is 0 Å². The molecule has 0 bridgehead atoms. The van der Waals surface area contributed by atoms with Gasteiger partial charge in [-0.05, 0) is 81.0 Å². The van der Waals surface area contributed by atoms with Gasteiger partial charge in [-0.1, -0.05) is 32.4 Å². The SMILES string of the molecule is C=C.C[C@@H]1CCCC1=O.C[C@]12CC[C@H](O)CC1=CCC1C2CC[C@]2(C)C(=O)CCC12. The highest BCUT2D eigenvalue weighted by atomic mass is 16.3. The summed E-state index contributed by atoms with van der Waals surface area (Å²) in [4.78, 5) is 22.9. The number of allylic oxidation sites excluding steroid dienone is 1. The highest BCUT2D eigenvalue weighted by Crippen LogP contribution is 2.63. The Labute approximate surface area is 183 Å². The number of aliphatic hydroxyl groups is 1. The fourth-order valence-electron chi connectivity index (χ4n) is 7.40. The summed E-state index contributed by atoms with van der Waals surface area (Å²) in [5, 5.41) is 10.00. The number of hydrogen-bond acceptors (Lipinski definition) is 3. The lowest BCUT2D eigenvalue weighted by Crippen LogP contribution is -2.50. The fraction of sp³-hybridized carbons (Fsp3) is 0.778. The minimum Gasteiger partial charge on any atom is -0.393 e. The van der Waals surface area contributed by atoms with E-state index in [9.17, 15) is 14.7 Å². The van der Waals surface area contributed by atoms with Crippen molar-refractivity contribution >= 4 is 11.6 Å². The molecular formula is C27H42O3. The van der Waals surface area contributed by atoms with E-state index in [4.69, 9.17) is 0 Å². The van der Waals surface area contributed by atoms with Crippen LogP contribution < -0.4 is 0 Å². The van der Waals surface area contributed by atoms with E-state index >= 15 is 0 Å². The first-order chi connectivity index (χ1) is 14.3. The first-order valence-electron chi connectivity index (χ1n) is 12.2. The third-order valence-corrected chi connectivity index (χ3v) is 9.40. The van der Waals surface area contributed by atoms with Crippen LogP contribution in [0.4, 0.5) is 0 Å². The highest BCUT2D eigenvalue weighted by molar-refractivity contribution is 5.87. The minimum atomic E-state index is -0.122. The van der Waals surface area contributed by atoms with E-state index in [0.29, 0.717) is 34.7 Å². The van der Waals surface area contributed by atoms with E-state index in [2.05, 4.69) is 33.1 Å². The summed E-state index contributed by atoms with van der Waals surface area (Å²) >= 11 is 0. The van der Waals surface area contributed by atoms with Crippen LogP contribution in [-0.2, 0) is 9.59 Å². The molecule has 0 aromatic carbocycles. The lowest BCUT2D eigenvalue weighted by Gasteiger charge is -2.56. The number of ketones is 2. The van der Waals surface area contributed by atoms with Gasteiger partial charge in [-0.2, -0.15) is 0 Å². The molecule has 5 aliphatic carbocycles. The molecule has 3 nitrogen and oxygen atoms in total. The molecule has 4 fully saturated rings. The number of carbonyl (C=O) groups excluding carboxylic acids is 2. The van der Waals surface area contributed by atoms with Crippen LogP contribution in [0.15, 0.2) is 24.8 Å². The Bertz CT molecular complexity index is 694. The van der Waals surface area contributed by atoms with Crippen molar-refractivity contribution in [3.05, 3.63) is 24.8 Å². The van der Waals surface area contributed by atoms with Crippen LogP contribution in [0.1, 0.15) is 91.4 Å². The Balaban J connectivity index is 0.000000241. The molecule has 7 atom stereocenters. The Morgan fingerprint density at radius 3 is 2.23 bits per heavy atom. The predicted octanol–water partition coefficient (Wildman–Crippen LogP) is 6.06. The molecule has 0 amide bonds. The molecule has 3 unspecified atom stereocenters. The topological polar surface area (TPSA) is 54.4 Å². The van der Waals surface area contributed by atoms with Gasteiger partial charge < -0.3 is 5.11 Å². The number of carbonyl (C=O) groups is 2. The summed E-state index contributed by atoms with van der Waals surface area (Å²) in [5.41, 5.74) is 1.81. The van der Waals surface area contributed by atoms with Crippen molar-refractivity contribution in [1.82, 2.24) is 0 Å². The largest absolute Gasteiger partial charge is 0.393 e. The van der Waals surface area contributed by atoms with Gasteiger partial charge in [0.2, 0.25) is 0 Å². The Morgan fingerprint density at radius 1 is 0.967 bits per heavy atom. The van der Waals surface area contributed by atoms with Crippen molar-refractivity contribution in [2.45, 2.75) is 97.5 Å². The van der Waals surface area contributed by atoms with Crippen molar-refractivity contribution in [3.8, 4) is 0 Å². The van der Waals surface area contributed by atoms with Crippen molar-refractivity contribution in [1.29, 1.82) is 0 Å². The summed E-state index contributed by atoms with van der Waals surface area (Å²) in [6, 6.07) is 0. The van der Waals surface area contributed by atoms with Crippen LogP contribution in [0, 0.1) is 34.5 Å². The van der Waals surface area contributed by atoms with E-state index in [-0.39, 0.29) is 11.5 Å². The molecule has 0 aromatic rings. The van der Waals surface area contributed by atoms with Crippen LogP contribution in [0.2, 0.25) is 0 Å². The molecule has 0 aliphatic heterocycles. The van der Waals surface area contributed by atoms with Gasteiger partial charge in [-0.3, -0.25) is 9.59 Å². The number of aliphatic hydroxyl groups excluding tert-OH is 1. The third-order valence-electron chi connectivity index (χ3n) is 9.40. The Kier molecular flexibility index (Phi) is 7.11. The fourth-order valence-corrected chi connectivity index (χ4v) is 7.40. The normalized spacial score (nSPS) is 44.4. The van der Waals surface area contributed by atoms with E-state index in [1.165, 1.54) is 12.0 Å². The average molecular weight is 415 g/mol. The van der Waals surface area contributed by atoms with Crippen LogP contribution in [-0.4, -0.2) is 22.8 Å². The predicted molar refractivity (Wildman–Crippen MR) is 122 cm³/mol. The zero-order valence-corrected chi connectivity index (χ0v) is 19.4. The molecule has 0 heterocycles. The van der Waals surface area contributed by atoms with Gasteiger partial charge in [0.25, 0.3) is 0 Å². The molecule has 0 radical (unpaired) electrons. The van der Waals surface area contributed by atoms with E-state index in [1.54, 1.807) is 0 Å². The Hall–Kier alpha value is -1.22. The van der Waals surface area contributed by atoms with Gasteiger partial charge in [-0.25, -0.2) is 0 Å². The van der Waals surface area contributed by atoms with Gasteiger partial charge in [0.1, 0.15) is 11.6 Å². The third kappa shape index (κ3) is 3.99. The molecule has 0 aromatic heterocycles. The molecule has 168 valence electrons. The maximum absolute atomic E-state index is 12.4. The van der Waals surface area contributed by atoms with Crippen molar-refractivity contribution < 1.29 is 14.7 Å². The summed E-state index contributed by atoms with van der Waals surface area (Å²) < 4.78 is 0. The number of rotatable bonds is 0. The molecular weight excluding hydrogens is 372 g/mol. The molecule has 5 rings (SSSR count). The van der Waals surface area contributed by atoms with E-state index < -0.39 is 0 Å². The zero-order chi connectivity index (χ0) is 22.1. The van der Waals surface area contributed by atoms with Gasteiger partial charge in [0, 0.05) is 24.2 Å². The second-order valence-corrected chi connectivity index (χ2v) is 10.8. The van der Waals surface area contributed by atoms with Crippen molar-refractivity contribution in [2.75, 3.05) is 0 Å². The molecule has 3 heteroatoms. The van der Waals surface area contributed by atoms with Crippen LogP contribution in [0.25, 0.3) is 0 Å². The summed E-state index contributed by atoms with van der Waals surface area (Å²) in [6.07, 6.45) is 13.8. The first kappa shape index (κ1) is 23.4.